The summed E-state index contributed by atoms with van der Waals surface area (Å²) < 4.78 is 18.0. The molecule has 0 saturated heterocycles. The molecule has 0 amide bonds. The molecule has 0 heterocycles. The molecular formula is C11H13FO2. The molecule has 2 nitrogen and oxygen atoms in total. The number of carbonyl (C=O) groups excluding carboxylic acids is 1. The van der Waals surface area contributed by atoms with Gasteiger partial charge in [0.2, 0.25) is 0 Å². The van der Waals surface area contributed by atoms with Crippen molar-refractivity contribution < 1.29 is 13.9 Å². The molecule has 1 aromatic carbocycles. The van der Waals surface area contributed by atoms with E-state index in [1.165, 1.54) is 12.1 Å². The summed E-state index contributed by atoms with van der Waals surface area (Å²) in [6.45, 7) is 3.59. The monoisotopic (exact) mass is 196 g/mol. The quantitative estimate of drug-likeness (QED) is 0.739. The van der Waals surface area contributed by atoms with Gasteiger partial charge in [0.15, 0.2) is 5.78 Å². The number of Topliss-reactive ketones (excluding diaryl/α,β-unsaturated/α-hetero) is 1. The van der Waals surface area contributed by atoms with Crippen LogP contribution in [0.15, 0.2) is 18.2 Å². The molecule has 3 heteroatoms. The molecule has 0 aliphatic heterocycles. The average Bonchev–Trinajstić information content (AvgIpc) is 2.19. The Labute approximate surface area is 82.7 Å². The molecule has 0 fully saturated rings. The number of aryl methyl sites for hydroxylation is 1. The maximum Gasteiger partial charge on any atom is 0.169 e. The molecule has 14 heavy (non-hydrogen) atoms. The van der Waals surface area contributed by atoms with Crippen LogP contribution in [0.25, 0.3) is 0 Å². The van der Waals surface area contributed by atoms with Crippen molar-refractivity contribution in [1.82, 2.24) is 0 Å². The predicted octanol–water partition coefficient (Wildman–Crippen LogP) is 2.49. The zero-order chi connectivity index (χ0) is 10.6. The van der Waals surface area contributed by atoms with Crippen molar-refractivity contribution in [2.45, 2.75) is 20.3 Å². The van der Waals surface area contributed by atoms with Crippen LogP contribution in [-0.2, 0) is 4.79 Å². The van der Waals surface area contributed by atoms with E-state index in [4.69, 9.17) is 4.74 Å². The molecule has 0 aliphatic carbocycles. The van der Waals surface area contributed by atoms with Crippen molar-refractivity contribution >= 4 is 5.78 Å². The van der Waals surface area contributed by atoms with E-state index >= 15 is 0 Å². The summed E-state index contributed by atoms with van der Waals surface area (Å²) >= 11 is 0. The van der Waals surface area contributed by atoms with E-state index in [1.807, 2.05) is 6.92 Å². The minimum Gasteiger partial charge on any atom is -0.485 e. The minimum absolute atomic E-state index is 0.00802. The second-order valence-electron chi connectivity index (χ2n) is 3.09. The fourth-order valence-electron chi connectivity index (χ4n) is 0.990. The predicted molar refractivity (Wildman–Crippen MR) is 51.9 cm³/mol. The molecule has 76 valence electrons. The van der Waals surface area contributed by atoms with Crippen LogP contribution >= 0.6 is 0 Å². The Morgan fingerprint density at radius 3 is 2.86 bits per heavy atom. The minimum atomic E-state index is -0.352. The highest BCUT2D eigenvalue weighted by Gasteiger charge is 2.04. The first-order valence-electron chi connectivity index (χ1n) is 4.54. The second-order valence-corrected chi connectivity index (χ2v) is 3.09. The number of halogens is 1. The number of benzene rings is 1. The Kier molecular flexibility index (Phi) is 3.63. The topological polar surface area (TPSA) is 26.3 Å². The number of carbonyl (C=O) groups is 1. The number of hydrogen-bond donors (Lipinski definition) is 0. The zero-order valence-electron chi connectivity index (χ0n) is 8.34. The van der Waals surface area contributed by atoms with Crippen LogP contribution in [0.3, 0.4) is 0 Å². The molecule has 0 radical (unpaired) electrons. The lowest BCUT2D eigenvalue weighted by Crippen LogP contribution is -2.10. The van der Waals surface area contributed by atoms with Gasteiger partial charge in [0, 0.05) is 12.5 Å². The molecule has 0 saturated carbocycles. The molecule has 0 unspecified atom stereocenters. The van der Waals surface area contributed by atoms with E-state index in [0.717, 1.165) is 5.56 Å². The van der Waals surface area contributed by atoms with Crippen LogP contribution < -0.4 is 4.74 Å². The number of ketones is 1. The van der Waals surface area contributed by atoms with Crippen molar-refractivity contribution in [2.75, 3.05) is 6.61 Å². The van der Waals surface area contributed by atoms with Crippen LogP contribution in [0.1, 0.15) is 18.9 Å². The third kappa shape index (κ3) is 2.83. The molecule has 0 N–H and O–H groups in total. The van der Waals surface area contributed by atoms with E-state index < -0.39 is 0 Å². The van der Waals surface area contributed by atoms with E-state index in [-0.39, 0.29) is 18.2 Å². The van der Waals surface area contributed by atoms with Crippen LogP contribution in [0.2, 0.25) is 0 Å². The third-order valence-electron chi connectivity index (χ3n) is 1.93. The molecule has 1 aromatic rings. The standard InChI is InChI=1S/C11H13FO2/c1-3-10(13)7-14-11-6-9(12)5-4-8(11)2/h4-6H,3,7H2,1-2H3. The van der Waals surface area contributed by atoms with Gasteiger partial charge in [-0.25, -0.2) is 4.39 Å². The van der Waals surface area contributed by atoms with Gasteiger partial charge in [0.25, 0.3) is 0 Å². The number of hydrogen-bond acceptors (Lipinski definition) is 2. The Morgan fingerprint density at radius 1 is 1.50 bits per heavy atom. The van der Waals surface area contributed by atoms with E-state index in [1.54, 1.807) is 13.0 Å². The highest BCUT2D eigenvalue weighted by Crippen LogP contribution is 2.18. The van der Waals surface area contributed by atoms with Crippen molar-refractivity contribution in [3.8, 4) is 5.75 Å². The lowest BCUT2D eigenvalue weighted by atomic mass is 10.2. The van der Waals surface area contributed by atoms with Gasteiger partial charge in [0.05, 0.1) is 0 Å². The summed E-state index contributed by atoms with van der Waals surface area (Å²) in [5, 5.41) is 0. The largest absolute Gasteiger partial charge is 0.485 e. The first kappa shape index (κ1) is 10.7. The normalized spacial score (nSPS) is 9.93. The smallest absolute Gasteiger partial charge is 0.169 e. The Bertz CT molecular complexity index is 334. The van der Waals surface area contributed by atoms with Gasteiger partial charge in [-0.3, -0.25) is 4.79 Å². The summed E-state index contributed by atoms with van der Waals surface area (Å²) in [6, 6.07) is 4.28. The summed E-state index contributed by atoms with van der Waals surface area (Å²) in [6.07, 6.45) is 0.439. The average molecular weight is 196 g/mol. The molecule has 0 spiro atoms. The molecule has 0 aromatic heterocycles. The van der Waals surface area contributed by atoms with Crippen molar-refractivity contribution in [3.05, 3.63) is 29.6 Å². The fourth-order valence-corrected chi connectivity index (χ4v) is 0.990. The first-order valence-corrected chi connectivity index (χ1v) is 4.54. The zero-order valence-corrected chi connectivity index (χ0v) is 8.34. The highest BCUT2D eigenvalue weighted by atomic mass is 19.1. The lowest BCUT2D eigenvalue weighted by Gasteiger charge is -2.07. The van der Waals surface area contributed by atoms with Gasteiger partial charge in [-0.1, -0.05) is 13.0 Å². The third-order valence-corrected chi connectivity index (χ3v) is 1.93. The van der Waals surface area contributed by atoms with E-state index in [0.29, 0.717) is 12.2 Å². The Balaban J connectivity index is 2.66. The van der Waals surface area contributed by atoms with Crippen LogP contribution in [-0.4, -0.2) is 12.4 Å². The van der Waals surface area contributed by atoms with Crippen molar-refractivity contribution in [1.29, 1.82) is 0 Å². The maximum absolute atomic E-state index is 12.8. The summed E-state index contributed by atoms with van der Waals surface area (Å²) in [5.41, 5.74) is 0.829. The van der Waals surface area contributed by atoms with Crippen LogP contribution in [0.4, 0.5) is 4.39 Å². The second kappa shape index (κ2) is 4.74. The molecule has 0 bridgehead atoms. The van der Waals surface area contributed by atoms with Gasteiger partial charge in [-0.2, -0.15) is 0 Å². The Morgan fingerprint density at radius 2 is 2.21 bits per heavy atom. The van der Waals surface area contributed by atoms with Gasteiger partial charge < -0.3 is 4.74 Å². The summed E-state index contributed by atoms with van der Waals surface area (Å²) in [7, 11) is 0. The molecule has 1 rings (SSSR count). The van der Waals surface area contributed by atoms with Gasteiger partial charge >= 0.3 is 0 Å². The van der Waals surface area contributed by atoms with Crippen LogP contribution in [0, 0.1) is 12.7 Å². The van der Waals surface area contributed by atoms with Gasteiger partial charge in [-0.15, -0.1) is 0 Å². The van der Waals surface area contributed by atoms with E-state index in [9.17, 15) is 9.18 Å². The number of rotatable bonds is 4. The molecule has 0 aliphatic rings. The summed E-state index contributed by atoms with van der Waals surface area (Å²) in [4.78, 5) is 11.0. The van der Waals surface area contributed by atoms with Crippen molar-refractivity contribution in [3.63, 3.8) is 0 Å². The Hall–Kier alpha value is -1.38. The first-order chi connectivity index (χ1) is 6.63. The summed E-state index contributed by atoms with van der Waals surface area (Å²) in [5.74, 6) is 0.0926. The SMILES string of the molecule is CCC(=O)COc1cc(F)ccc1C. The van der Waals surface area contributed by atoms with Gasteiger partial charge in [-0.05, 0) is 18.6 Å². The van der Waals surface area contributed by atoms with Gasteiger partial charge in [0.1, 0.15) is 18.2 Å². The van der Waals surface area contributed by atoms with E-state index in [2.05, 4.69) is 0 Å². The lowest BCUT2D eigenvalue weighted by molar-refractivity contribution is -0.120. The highest BCUT2D eigenvalue weighted by molar-refractivity contribution is 5.79. The molecule has 0 atom stereocenters. The maximum atomic E-state index is 12.8. The van der Waals surface area contributed by atoms with Crippen LogP contribution in [0.5, 0.6) is 5.75 Å². The van der Waals surface area contributed by atoms with Crippen molar-refractivity contribution in [2.24, 2.45) is 0 Å². The molecular weight excluding hydrogens is 183 g/mol. The fraction of sp³-hybridized carbons (Fsp3) is 0.364. The number of ether oxygens (including phenoxy) is 1.